The van der Waals surface area contributed by atoms with Crippen molar-refractivity contribution in [3.05, 3.63) is 60.7 Å². The third kappa shape index (κ3) is 2.33. The number of rotatable bonds is 2. The van der Waals surface area contributed by atoms with Gasteiger partial charge in [-0.05, 0) is 54.1 Å². The number of thiophene rings is 1. The van der Waals surface area contributed by atoms with Crippen LogP contribution >= 0.6 is 22.7 Å². The van der Waals surface area contributed by atoms with E-state index in [0.29, 0.717) is 5.75 Å². The van der Waals surface area contributed by atoms with Gasteiger partial charge in [-0.25, -0.2) is 4.98 Å². The maximum atomic E-state index is 9.36. The SMILES string of the molecule is Oc1ccc(-c2ccc(-c3nc4ccccc4s3)s2)cc1. The number of thiazole rings is 1. The average molecular weight is 309 g/mol. The highest BCUT2D eigenvalue weighted by atomic mass is 32.1. The highest BCUT2D eigenvalue weighted by molar-refractivity contribution is 7.26. The number of hydrogen-bond acceptors (Lipinski definition) is 4. The lowest BCUT2D eigenvalue weighted by Gasteiger charge is -1.96. The molecular weight excluding hydrogens is 298 g/mol. The van der Waals surface area contributed by atoms with E-state index in [4.69, 9.17) is 4.98 Å². The molecule has 0 bridgehead atoms. The number of nitrogens with zero attached hydrogens (tertiary/aromatic N) is 1. The van der Waals surface area contributed by atoms with Gasteiger partial charge in [-0.15, -0.1) is 22.7 Å². The van der Waals surface area contributed by atoms with E-state index in [1.54, 1.807) is 34.8 Å². The number of phenolic OH excluding ortho intramolecular Hbond substituents is 1. The predicted octanol–water partition coefficient (Wildman–Crippen LogP) is 5.40. The molecule has 4 aromatic rings. The first-order valence-corrected chi connectivity index (χ1v) is 8.18. The van der Waals surface area contributed by atoms with Gasteiger partial charge in [0, 0.05) is 4.88 Å². The van der Waals surface area contributed by atoms with E-state index in [0.717, 1.165) is 16.1 Å². The number of benzene rings is 2. The van der Waals surface area contributed by atoms with Gasteiger partial charge in [0.1, 0.15) is 10.8 Å². The van der Waals surface area contributed by atoms with Gasteiger partial charge in [-0.1, -0.05) is 12.1 Å². The smallest absolute Gasteiger partial charge is 0.134 e. The zero-order valence-electron chi connectivity index (χ0n) is 11.0. The Morgan fingerprint density at radius 1 is 0.762 bits per heavy atom. The first kappa shape index (κ1) is 12.6. The molecule has 0 amide bonds. The molecule has 102 valence electrons. The third-order valence-electron chi connectivity index (χ3n) is 3.26. The molecule has 0 aliphatic heterocycles. The molecule has 4 heteroatoms. The summed E-state index contributed by atoms with van der Waals surface area (Å²) in [6.45, 7) is 0. The maximum Gasteiger partial charge on any atom is 0.134 e. The Kier molecular flexibility index (Phi) is 2.98. The van der Waals surface area contributed by atoms with Crippen molar-refractivity contribution in [3.8, 4) is 26.1 Å². The summed E-state index contributed by atoms with van der Waals surface area (Å²) in [6, 6.07) is 19.7. The van der Waals surface area contributed by atoms with Gasteiger partial charge in [0.2, 0.25) is 0 Å². The normalized spacial score (nSPS) is 11.0. The Balaban J connectivity index is 1.75. The van der Waals surface area contributed by atoms with Crippen LogP contribution in [0.5, 0.6) is 5.75 Å². The molecule has 0 aliphatic carbocycles. The molecule has 1 N–H and O–H groups in total. The second-order valence-electron chi connectivity index (χ2n) is 4.70. The summed E-state index contributed by atoms with van der Waals surface area (Å²) in [6.07, 6.45) is 0. The van der Waals surface area contributed by atoms with E-state index in [2.05, 4.69) is 18.2 Å². The molecule has 0 fully saturated rings. The quantitative estimate of drug-likeness (QED) is 0.538. The van der Waals surface area contributed by atoms with E-state index >= 15 is 0 Å². The van der Waals surface area contributed by atoms with Crippen molar-refractivity contribution in [2.24, 2.45) is 0 Å². The molecule has 2 nitrogen and oxygen atoms in total. The fourth-order valence-corrected chi connectivity index (χ4v) is 4.24. The molecule has 2 heterocycles. The second kappa shape index (κ2) is 4.98. The van der Waals surface area contributed by atoms with Crippen molar-refractivity contribution in [2.75, 3.05) is 0 Å². The monoisotopic (exact) mass is 309 g/mol. The summed E-state index contributed by atoms with van der Waals surface area (Å²) in [5.74, 6) is 0.293. The van der Waals surface area contributed by atoms with Crippen LogP contribution in [0.2, 0.25) is 0 Å². The molecule has 2 aromatic heterocycles. The Labute approximate surface area is 130 Å². The number of para-hydroxylation sites is 1. The standard InChI is InChI=1S/C17H11NOS2/c19-12-7-5-11(6-8-12)14-9-10-16(20-14)17-18-13-3-1-2-4-15(13)21-17/h1-10,19H. The minimum atomic E-state index is 0.293. The fraction of sp³-hybridized carbons (Fsp3) is 0. The van der Waals surface area contributed by atoms with Gasteiger partial charge in [0.15, 0.2) is 0 Å². The summed E-state index contributed by atoms with van der Waals surface area (Å²) in [7, 11) is 0. The van der Waals surface area contributed by atoms with Crippen molar-refractivity contribution >= 4 is 32.9 Å². The number of aromatic nitrogens is 1. The molecule has 0 spiro atoms. The zero-order valence-corrected chi connectivity index (χ0v) is 12.6. The summed E-state index contributed by atoms with van der Waals surface area (Å²) < 4.78 is 1.21. The van der Waals surface area contributed by atoms with E-state index in [1.165, 1.54) is 14.5 Å². The van der Waals surface area contributed by atoms with Crippen LogP contribution < -0.4 is 0 Å². The fourth-order valence-electron chi connectivity index (χ4n) is 2.21. The second-order valence-corrected chi connectivity index (χ2v) is 6.81. The van der Waals surface area contributed by atoms with Crippen LogP contribution in [0.15, 0.2) is 60.7 Å². The minimum absolute atomic E-state index is 0.293. The molecule has 21 heavy (non-hydrogen) atoms. The van der Waals surface area contributed by atoms with E-state index in [-0.39, 0.29) is 0 Å². The first-order valence-electron chi connectivity index (χ1n) is 6.55. The maximum absolute atomic E-state index is 9.36. The van der Waals surface area contributed by atoms with Gasteiger partial charge in [-0.2, -0.15) is 0 Å². The van der Waals surface area contributed by atoms with Crippen LogP contribution in [0.1, 0.15) is 0 Å². The van der Waals surface area contributed by atoms with Crippen molar-refractivity contribution in [1.29, 1.82) is 0 Å². The first-order chi connectivity index (χ1) is 10.3. The molecule has 0 aliphatic rings. The number of aromatic hydroxyl groups is 1. The lowest BCUT2D eigenvalue weighted by atomic mass is 10.2. The lowest BCUT2D eigenvalue weighted by molar-refractivity contribution is 0.475. The Bertz CT molecular complexity index is 873. The minimum Gasteiger partial charge on any atom is -0.508 e. The predicted molar refractivity (Wildman–Crippen MR) is 90.0 cm³/mol. The molecule has 0 atom stereocenters. The van der Waals surface area contributed by atoms with Crippen LogP contribution in [0, 0.1) is 0 Å². The summed E-state index contributed by atoms with van der Waals surface area (Å²) >= 11 is 3.45. The van der Waals surface area contributed by atoms with Gasteiger partial charge in [-0.3, -0.25) is 0 Å². The number of fused-ring (bicyclic) bond motifs is 1. The van der Waals surface area contributed by atoms with E-state index < -0.39 is 0 Å². The Morgan fingerprint density at radius 2 is 1.52 bits per heavy atom. The summed E-state index contributed by atoms with van der Waals surface area (Å²) in [4.78, 5) is 7.06. The van der Waals surface area contributed by atoms with Gasteiger partial charge < -0.3 is 5.11 Å². The Hall–Kier alpha value is -2.17. The topological polar surface area (TPSA) is 33.1 Å². The van der Waals surface area contributed by atoms with Crippen LogP contribution in [0.25, 0.3) is 30.5 Å². The third-order valence-corrected chi connectivity index (χ3v) is 5.60. The van der Waals surface area contributed by atoms with Crippen LogP contribution in [-0.2, 0) is 0 Å². The molecule has 0 unspecified atom stereocenters. The average Bonchev–Trinajstić information content (AvgIpc) is 3.14. The highest BCUT2D eigenvalue weighted by Crippen LogP contribution is 2.38. The molecule has 0 saturated heterocycles. The van der Waals surface area contributed by atoms with Crippen LogP contribution in [0.4, 0.5) is 0 Å². The van der Waals surface area contributed by atoms with Gasteiger partial charge in [0.25, 0.3) is 0 Å². The number of phenols is 1. The largest absolute Gasteiger partial charge is 0.508 e. The molecule has 0 saturated carbocycles. The van der Waals surface area contributed by atoms with Crippen molar-refractivity contribution in [1.82, 2.24) is 4.98 Å². The highest BCUT2D eigenvalue weighted by Gasteiger charge is 2.09. The zero-order chi connectivity index (χ0) is 14.2. The summed E-state index contributed by atoms with van der Waals surface area (Å²) in [5, 5.41) is 10.4. The summed E-state index contributed by atoms with van der Waals surface area (Å²) in [5.41, 5.74) is 2.17. The lowest BCUT2D eigenvalue weighted by Crippen LogP contribution is -1.70. The van der Waals surface area contributed by atoms with Crippen LogP contribution in [-0.4, -0.2) is 10.1 Å². The van der Waals surface area contributed by atoms with Crippen molar-refractivity contribution < 1.29 is 5.11 Å². The molecule has 4 rings (SSSR count). The van der Waals surface area contributed by atoms with Gasteiger partial charge >= 0.3 is 0 Å². The molecular formula is C17H11NOS2. The van der Waals surface area contributed by atoms with Crippen LogP contribution in [0.3, 0.4) is 0 Å². The Morgan fingerprint density at radius 3 is 2.33 bits per heavy atom. The molecule has 0 radical (unpaired) electrons. The van der Waals surface area contributed by atoms with E-state index in [1.807, 2.05) is 30.3 Å². The van der Waals surface area contributed by atoms with Crippen molar-refractivity contribution in [3.63, 3.8) is 0 Å². The number of hydrogen-bond donors (Lipinski definition) is 1. The van der Waals surface area contributed by atoms with Crippen molar-refractivity contribution in [2.45, 2.75) is 0 Å². The van der Waals surface area contributed by atoms with Gasteiger partial charge in [0.05, 0.1) is 15.1 Å². The van der Waals surface area contributed by atoms with E-state index in [9.17, 15) is 5.11 Å². The molecule has 2 aromatic carbocycles.